The predicted octanol–water partition coefficient (Wildman–Crippen LogP) is 1.84. The molecule has 1 heterocycles. The molecule has 0 bridgehead atoms. The summed E-state index contributed by atoms with van der Waals surface area (Å²) in [6.45, 7) is 3.10. The van der Waals surface area contributed by atoms with Crippen LogP contribution in [0.2, 0.25) is 0 Å². The van der Waals surface area contributed by atoms with E-state index >= 15 is 0 Å². The highest BCUT2D eigenvalue weighted by atomic mass is 16.3. The van der Waals surface area contributed by atoms with E-state index in [0.717, 1.165) is 24.0 Å². The molecule has 194 valence electrons. The maximum absolute atomic E-state index is 13.2. The largest absolute Gasteiger partial charge is 0.508 e. The van der Waals surface area contributed by atoms with Gasteiger partial charge < -0.3 is 26.8 Å². The zero-order valence-corrected chi connectivity index (χ0v) is 21.0. The van der Waals surface area contributed by atoms with Crippen LogP contribution in [0, 0.1) is 5.92 Å². The Kier molecular flexibility index (Phi) is 10.0. The molecule has 0 saturated carbocycles. The number of rotatable bonds is 13. The molecule has 0 aromatic heterocycles. The van der Waals surface area contributed by atoms with Crippen molar-refractivity contribution < 1.29 is 19.5 Å². The lowest BCUT2D eigenvalue weighted by atomic mass is 9.90. The van der Waals surface area contributed by atoms with Crippen LogP contribution in [0.25, 0.3) is 0 Å². The van der Waals surface area contributed by atoms with Gasteiger partial charge in [-0.2, -0.15) is 0 Å². The minimum Gasteiger partial charge on any atom is -0.508 e. The Balaban J connectivity index is 1.54. The monoisotopic (exact) mass is 494 g/mol. The summed E-state index contributed by atoms with van der Waals surface area (Å²) < 4.78 is 0. The molecule has 0 radical (unpaired) electrons. The van der Waals surface area contributed by atoms with Crippen molar-refractivity contribution in [1.82, 2.24) is 16.0 Å². The molecule has 6 N–H and O–H groups in total. The number of ketones is 1. The van der Waals surface area contributed by atoms with Gasteiger partial charge in [0.05, 0.1) is 6.04 Å². The summed E-state index contributed by atoms with van der Waals surface area (Å²) in [6.07, 6.45) is 3.33. The lowest BCUT2D eigenvalue weighted by molar-refractivity contribution is -0.133. The lowest BCUT2D eigenvalue weighted by Crippen LogP contribution is -2.61. The third-order valence-electron chi connectivity index (χ3n) is 6.69. The number of phenolic OH excluding ortho intramolecular Hbond substituents is 1. The maximum Gasteiger partial charge on any atom is 0.245 e. The number of amides is 2. The molecule has 8 heteroatoms. The number of nitrogens with one attached hydrogen (secondary N) is 3. The fraction of sp³-hybridized carbons (Fsp3) is 0.464. The van der Waals surface area contributed by atoms with E-state index in [4.69, 9.17) is 5.73 Å². The van der Waals surface area contributed by atoms with Crippen molar-refractivity contribution in [3.8, 4) is 5.75 Å². The summed E-state index contributed by atoms with van der Waals surface area (Å²) in [4.78, 5) is 39.0. The van der Waals surface area contributed by atoms with Gasteiger partial charge in [-0.05, 0) is 62.4 Å². The van der Waals surface area contributed by atoms with Crippen LogP contribution in [0.3, 0.4) is 0 Å². The van der Waals surface area contributed by atoms with Crippen molar-refractivity contribution in [3.63, 3.8) is 0 Å². The van der Waals surface area contributed by atoms with Crippen LogP contribution < -0.4 is 21.7 Å². The summed E-state index contributed by atoms with van der Waals surface area (Å²) in [5.41, 5.74) is 6.42. The van der Waals surface area contributed by atoms with E-state index in [1.807, 2.05) is 42.5 Å². The van der Waals surface area contributed by atoms with Gasteiger partial charge in [0.1, 0.15) is 17.1 Å². The maximum atomic E-state index is 13.2. The summed E-state index contributed by atoms with van der Waals surface area (Å²) in [6, 6.07) is 16.0. The van der Waals surface area contributed by atoms with E-state index in [1.165, 1.54) is 0 Å². The lowest BCUT2D eigenvalue weighted by Gasteiger charge is -2.31. The smallest absolute Gasteiger partial charge is 0.245 e. The second-order valence-corrected chi connectivity index (χ2v) is 9.76. The molecule has 0 aliphatic carbocycles. The van der Waals surface area contributed by atoms with E-state index in [0.29, 0.717) is 45.3 Å². The average molecular weight is 495 g/mol. The minimum atomic E-state index is -1.14. The number of nitrogens with two attached hydrogens (primary N) is 1. The first-order chi connectivity index (χ1) is 17.3. The number of aromatic hydroxyl groups is 1. The summed E-state index contributed by atoms with van der Waals surface area (Å²) in [5, 5.41) is 18.4. The highest BCUT2D eigenvalue weighted by molar-refractivity contribution is 5.93. The number of benzene rings is 2. The van der Waals surface area contributed by atoms with Crippen LogP contribution in [-0.4, -0.2) is 53.9 Å². The van der Waals surface area contributed by atoms with Crippen molar-refractivity contribution in [2.24, 2.45) is 11.7 Å². The van der Waals surface area contributed by atoms with Crippen molar-refractivity contribution in [2.45, 2.75) is 57.0 Å². The number of carbonyl (C=O) groups excluding carboxylic acids is 3. The molecular formula is C28H38N4O4. The standard InChI is InChI=1S/C28H38N4O4/c1-28(27(36)30-16-6-15-29,18-21-7-3-2-4-8-21)32-26(35)24-17-22(19-31-24)25(34)10-5-9-20-11-13-23(33)14-12-20/h2-4,7-8,11-14,22,24,31,33H,5-6,9-10,15-19,29H2,1H3,(H,30,36)(H,32,35)/t22?,24-,28-/m0/s1. The van der Waals surface area contributed by atoms with E-state index in [9.17, 15) is 19.5 Å². The Labute approximate surface area is 213 Å². The van der Waals surface area contributed by atoms with Crippen LogP contribution in [0.1, 0.15) is 43.7 Å². The zero-order valence-electron chi connectivity index (χ0n) is 21.0. The van der Waals surface area contributed by atoms with Crippen molar-refractivity contribution in [2.75, 3.05) is 19.6 Å². The van der Waals surface area contributed by atoms with Gasteiger partial charge in [-0.25, -0.2) is 0 Å². The molecule has 0 spiro atoms. The summed E-state index contributed by atoms with van der Waals surface area (Å²) in [7, 11) is 0. The van der Waals surface area contributed by atoms with Gasteiger partial charge in [0, 0.05) is 31.8 Å². The molecule has 2 aromatic carbocycles. The fourth-order valence-electron chi connectivity index (χ4n) is 4.56. The first-order valence-corrected chi connectivity index (χ1v) is 12.7. The molecule has 8 nitrogen and oxygen atoms in total. The summed E-state index contributed by atoms with van der Waals surface area (Å²) >= 11 is 0. The number of aryl methyl sites for hydroxylation is 1. The molecule has 3 atom stereocenters. The van der Waals surface area contributed by atoms with Gasteiger partial charge in [0.2, 0.25) is 11.8 Å². The van der Waals surface area contributed by atoms with Crippen LogP contribution in [0.5, 0.6) is 5.75 Å². The van der Waals surface area contributed by atoms with E-state index in [2.05, 4.69) is 16.0 Å². The van der Waals surface area contributed by atoms with Crippen LogP contribution >= 0.6 is 0 Å². The molecule has 1 fully saturated rings. The fourth-order valence-corrected chi connectivity index (χ4v) is 4.56. The Morgan fingerprint density at radius 3 is 2.47 bits per heavy atom. The minimum absolute atomic E-state index is 0.142. The molecule has 2 aromatic rings. The molecule has 2 amide bonds. The van der Waals surface area contributed by atoms with Gasteiger partial charge in [-0.1, -0.05) is 42.5 Å². The van der Waals surface area contributed by atoms with Gasteiger partial charge in [0.15, 0.2) is 0 Å². The first-order valence-electron chi connectivity index (χ1n) is 12.7. The van der Waals surface area contributed by atoms with Gasteiger partial charge in [-0.3, -0.25) is 14.4 Å². The number of Topliss-reactive ketones (excluding diaryl/α,β-unsaturated/α-hetero) is 1. The molecule has 1 aliphatic rings. The van der Waals surface area contributed by atoms with Gasteiger partial charge >= 0.3 is 0 Å². The first kappa shape index (κ1) is 27.4. The highest BCUT2D eigenvalue weighted by Crippen LogP contribution is 2.21. The molecule has 1 unspecified atom stereocenters. The number of hydrogen-bond acceptors (Lipinski definition) is 6. The van der Waals surface area contributed by atoms with Crippen molar-refractivity contribution in [3.05, 3.63) is 65.7 Å². The topological polar surface area (TPSA) is 134 Å². The number of phenols is 1. The molecule has 1 saturated heterocycles. The van der Waals surface area contributed by atoms with E-state index < -0.39 is 11.6 Å². The van der Waals surface area contributed by atoms with Gasteiger partial charge in [0.25, 0.3) is 0 Å². The Bertz CT molecular complexity index is 1010. The molecule has 3 rings (SSSR count). The zero-order chi connectivity index (χ0) is 26.0. The SMILES string of the molecule is C[C@@](Cc1ccccc1)(NC(=O)[C@@H]1CC(C(=O)CCCc2ccc(O)cc2)CN1)C(=O)NCCCN. The normalized spacial score (nSPS) is 18.8. The summed E-state index contributed by atoms with van der Waals surface area (Å²) in [5.74, 6) is -0.388. The number of hydrogen-bond donors (Lipinski definition) is 5. The third kappa shape index (κ3) is 7.90. The average Bonchev–Trinajstić information content (AvgIpc) is 3.37. The Hall–Kier alpha value is -3.23. The Morgan fingerprint density at radius 2 is 1.78 bits per heavy atom. The second kappa shape index (κ2) is 13.2. The van der Waals surface area contributed by atoms with E-state index in [1.54, 1.807) is 19.1 Å². The molecule has 36 heavy (non-hydrogen) atoms. The Morgan fingerprint density at radius 1 is 1.06 bits per heavy atom. The number of carbonyl (C=O) groups is 3. The predicted molar refractivity (Wildman–Crippen MR) is 139 cm³/mol. The van der Waals surface area contributed by atoms with Crippen molar-refractivity contribution in [1.29, 1.82) is 0 Å². The molecular weight excluding hydrogens is 456 g/mol. The third-order valence-corrected chi connectivity index (χ3v) is 6.69. The van der Waals surface area contributed by atoms with Crippen LogP contribution in [0.15, 0.2) is 54.6 Å². The van der Waals surface area contributed by atoms with E-state index in [-0.39, 0.29) is 29.3 Å². The quantitative estimate of drug-likeness (QED) is 0.270. The molecule has 1 aliphatic heterocycles. The van der Waals surface area contributed by atoms with Crippen LogP contribution in [-0.2, 0) is 27.2 Å². The van der Waals surface area contributed by atoms with Gasteiger partial charge in [-0.15, -0.1) is 0 Å². The second-order valence-electron chi connectivity index (χ2n) is 9.76. The van der Waals surface area contributed by atoms with Crippen molar-refractivity contribution >= 4 is 17.6 Å². The van der Waals surface area contributed by atoms with Crippen LogP contribution in [0.4, 0.5) is 0 Å². The highest BCUT2D eigenvalue weighted by Gasteiger charge is 2.39.